The van der Waals surface area contributed by atoms with Crippen molar-refractivity contribution in [1.82, 2.24) is 4.90 Å². The van der Waals surface area contributed by atoms with E-state index in [2.05, 4.69) is 4.90 Å². The summed E-state index contributed by atoms with van der Waals surface area (Å²) in [6.45, 7) is 1.47. The molecule has 0 amide bonds. The average molecular weight is 288 g/mol. The third-order valence-electron chi connectivity index (χ3n) is 3.27. The molecule has 0 saturated carbocycles. The molecule has 2 aromatic carbocycles. The Balaban J connectivity index is 1.86. The minimum Gasteiger partial charge on any atom is -0.302 e. The van der Waals surface area contributed by atoms with Gasteiger partial charge in [-0.1, -0.05) is 24.3 Å². The van der Waals surface area contributed by atoms with Gasteiger partial charge in [0.05, 0.1) is 4.92 Å². The van der Waals surface area contributed by atoms with E-state index in [9.17, 15) is 14.5 Å². The van der Waals surface area contributed by atoms with Gasteiger partial charge in [0.2, 0.25) is 0 Å². The van der Waals surface area contributed by atoms with E-state index in [1.54, 1.807) is 18.2 Å². The van der Waals surface area contributed by atoms with Crippen LogP contribution in [0.15, 0.2) is 48.5 Å². The lowest BCUT2D eigenvalue weighted by atomic mass is 10.1. The number of likely N-dealkylation sites (N-methyl/N-ethyl adjacent to an activating group) is 1. The number of halogens is 1. The number of hydrogen-bond donors (Lipinski definition) is 0. The zero-order chi connectivity index (χ0) is 15.2. The maximum atomic E-state index is 13.1. The molecule has 0 aliphatic rings. The Morgan fingerprint density at radius 2 is 1.86 bits per heavy atom. The van der Waals surface area contributed by atoms with Gasteiger partial charge in [0.1, 0.15) is 5.82 Å². The average Bonchev–Trinajstić information content (AvgIpc) is 2.45. The molecule has 2 rings (SSSR count). The van der Waals surface area contributed by atoms with Crippen molar-refractivity contribution in [3.05, 3.63) is 75.6 Å². The lowest BCUT2D eigenvalue weighted by Crippen LogP contribution is -2.20. The van der Waals surface area contributed by atoms with Gasteiger partial charge in [-0.05, 0) is 36.7 Å². The molecule has 0 N–H and O–H groups in total. The molecule has 0 unspecified atom stereocenters. The summed E-state index contributed by atoms with van der Waals surface area (Å²) in [5.41, 5.74) is 2.08. The first-order valence-corrected chi connectivity index (χ1v) is 6.71. The minimum absolute atomic E-state index is 0.104. The van der Waals surface area contributed by atoms with E-state index in [0.717, 1.165) is 24.1 Å². The van der Waals surface area contributed by atoms with Crippen LogP contribution in [0, 0.1) is 15.9 Å². The Labute approximate surface area is 123 Å². The van der Waals surface area contributed by atoms with Crippen LogP contribution < -0.4 is 0 Å². The first-order valence-electron chi connectivity index (χ1n) is 6.71. The van der Waals surface area contributed by atoms with Crippen molar-refractivity contribution in [3.8, 4) is 0 Å². The number of nitro benzene ring substituents is 1. The second-order valence-corrected chi connectivity index (χ2v) is 5.04. The zero-order valence-electron chi connectivity index (χ0n) is 11.8. The molecule has 5 heteroatoms. The Hall–Kier alpha value is -2.27. The van der Waals surface area contributed by atoms with Crippen molar-refractivity contribution >= 4 is 5.69 Å². The summed E-state index contributed by atoms with van der Waals surface area (Å²) in [5, 5.41) is 10.6. The van der Waals surface area contributed by atoms with Crippen LogP contribution in [0.2, 0.25) is 0 Å². The van der Waals surface area contributed by atoms with Gasteiger partial charge in [0.25, 0.3) is 5.69 Å². The summed E-state index contributed by atoms with van der Waals surface area (Å²) in [7, 11) is 1.97. The van der Waals surface area contributed by atoms with Crippen LogP contribution in [0.1, 0.15) is 11.1 Å². The molecule has 2 aromatic rings. The van der Waals surface area contributed by atoms with E-state index in [1.807, 2.05) is 13.1 Å². The predicted molar refractivity (Wildman–Crippen MR) is 79.5 cm³/mol. The number of rotatable bonds is 6. The molecule has 0 atom stereocenters. The molecular weight excluding hydrogens is 271 g/mol. The first-order chi connectivity index (χ1) is 10.0. The van der Waals surface area contributed by atoms with Crippen molar-refractivity contribution in [1.29, 1.82) is 0 Å². The molecule has 4 nitrogen and oxygen atoms in total. The normalized spacial score (nSPS) is 10.8. The third-order valence-corrected chi connectivity index (χ3v) is 3.27. The van der Waals surface area contributed by atoms with Crippen LogP contribution in [0.5, 0.6) is 0 Å². The molecule has 21 heavy (non-hydrogen) atoms. The molecule has 0 spiro atoms. The van der Waals surface area contributed by atoms with Crippen LogP contribution in [-0.4, -0.2) is 23.4 Å². The summed E-state index contributed by atoms with van der Waals surface area (Å²) in [5.74, 6) is -0.226. The highest BCUT2D eigenvalue weighted by Crippen LogP contribution is 2.13. The fourth-order valence-corrected chi connectivity index (χ4v) is 2.13. The second kappa shape index (κ2) is 6.95. The fourth-order valence-electron chi connectivity index (χ4n) is 2.13. The monoisotopic (exact) mass is 288 g/mol. The van der Waals surface area contributed by atoms with Crippen molar-refractivity contribution in [2.75, 3.05) is 13.6 Å². The lowest BCUT2D eigenvalue weighted by molar-refractivity contribution is -0.384. The maximum absolute atomic E-state index is 13.1. The second-order valence-electron chi connectivity index (χ2n) is 5.04. The van der Waals surface area contributed by atoms with Gasteiger partial charge in [-0.25, -0.2) is 4.39 Å². The van der Waals surface area contributed by atoms with E-state index < -0.39 is 4.92 Å². The summed E-state index contributed by atoms with van der Waals surface area (Å²) in [4.78, 5) is 12.3. The third kappa shape index (κ3) is 4.65. The molecule has 0 aliphatic carbocycles. The minimum atomic E-state index is -0.403. The summed E-state index contributed by atoms with van der Waals surface area (Å²) in [6.07, 6.45) is 0.795. The summed E-state index contributed by atoms with van der Waals surface area (Å²) < 4.78 is 13.1. The number of nitrogens with zero attached hydrogens (tertiary/aromatic N) is 2. The van der Waals surface area contributed by atoms with Crippen LogP contribution in [0.3, 0.4) is 0 Å². The zero-order valence-corrected chi connectivity index (χ0v) is 11.8. The van der Waals surface area contributed by atoms with Crippen molar-refractivity contribution in [3.63, 3.8) is 0 Å². The van der Waals surface area contributed by atoms with E-state index in [1.165, 1.54) is 24.3 Å². The highest BCUT2D eigenvalue weighted by Gasteiger charge is 2.05. The standard InChI is InChI=1S/C16H17FN2O2/c1-18(12-14-3-2-4-15(17)11-14)10-9-13-5-7-16(8-6-13)19(20)21/h2-8,11H,9-10,12H2,1H3. The smallest absolute Gasteiger partial charge is 0.269 e. The van der Waals surface area contributed by atoms with Crippen LogP contribution >= 0.6 is 0 Å². The SMILES string of the molecule is CN(CCc1ccc([N+](=O)[O-])cc1)Cc1cccc(F)c1. The summed E-state index contributed by atoms with van der Waals surface area (Å²) in [6, 6.07) is 13.1. The Bertz CT molecular complexity index is 614. The highest BCUT2D eigenvalue weighted by atomic mass is 19.1. The maximum Gasteiger partial charge on any atom is 0.269 e. The molecule has 0 bridgehead atoms. The molecule has 0 fully saturated rings. The Kier molecular flexibility index (Phi) is 5.00. The van der Waals surface area contributed by atoms with Gasteiger partial charge in [-0.15, -0.1) is 0 Å². The quantitative estimate of drug-likeness (QED) is 0.604. The van der Waals surface area contributed by atoms with Crippen LogP contribution in [-0.2, 0) is 13.0 Å². The fraction of sp³-hybridized carbons (Fsp3) is 0.250. The lowest BCUT2D eigenvalue weighted by Gasteiger charge is -2.16. The molecule has 0 saturated heterocycles. The van der Waals surface area contributed by atoms with Gasteiger partial charge in [0.15, 0.2) is 0 Å². The number of non-ortho nitro benzene ring substituents is 1. The van der Waals surface area contributed by atoms with Crippen LogP contribution in [0.25, 0.3) is 0 Å². The van der Waals surface area contributed by atoms with Gasteiger partial charge in [0, 0.05) is 25.2 Å². The molecular formula is C16H17FN2O2. The molecule has 0 heterocycles. The largest absolute Gasteiger partial charge is 0.302 e. The molecule has 0 radical (unpaired) electrons. The van der Waals surface area contributed by atoms with E-state index in [-0.39, 0.29) is 11.5 Å². The molecule has 0 aliphatic heterocycles. The number of benzene rings is 2. The Morgan fingerprint density at radius 3 is 2.48 bits per heavy atom. The number of hydrogen-bond acceptors (Lipinski definition) is 3. The predicted octanol–water partition coefficient (Wildman–Crippen LogP) is 3.41. The molecule has 110 valence electrons. The van der Waals surface area contributed by atoms with Gasteiger partial charge < -0.3 is 4.90 Å². The van der Waals surface area contributed by atoms with Gasteiger partial charge >= 0.3 is 0 Å². The first kappa shape index (κ1) is 15.1. The topological polar surface area (TPSA) is 46.4 Å². The van der Waals surface area contributed by atoms with E-state index in [4.69, 9.17) is 0 Å². The molecule has 0 aromatic heterocycles. The van der Waals surface area contributed by atoms with Gasteiger partial charge in [-0.2, -0.15) is 0 Å². The van der Waals surface area contributed by atoms with Crippen molar-refractivity contribution in [2.24, 2.45) is 0 Å². The van der Waals surface area contributed by atoms with Crippen molar-refractivity contribution < 1.29 is 9.31 Å². The highest BCUT2D eigenvalue weighted by molar-refractivity contribution is 5.32. The van der Waals surface area contributed by atoms with Crippen molar-refractivity contribution in [2.45, 2.75) is 13.0 Å². The summed E-state index contributed by atoms with van der Waals surface area (Å²) >= 11 is 0. The number of nitro groups is 1. The van der Waals surface area contributed by atoms with E-state index in [0.29, 0.717) is 6.54 Å². The van der Waals surface area contributed by atoms with Gasteiger partial charge in [-0.3, -0.25) is 10.1 Å². The van der Waals surface area contributed by atoms with E-state index >= 15 is 0 Å². The Morgan fingerprint density at radius 1 is 1.14 bits per heavy atom. The van der Waals surface area contributed by atoms with Crippen LogP contribution in [0.4, 0.5) is 10.1 Å².